The highest BCUT2D eigenvalue weighted by Crippen LogP contribution is 2.27. The topological polar surface area (TPSA) is 73.9 Å². The fraction of sp³-hybridized carbons (Fsp3) is 0.300. The molecule has 2 aromatic rings. The Morgan fingerprint density at radius 2 is 1.77 bits per heavy atom. The lowest BCUT2D eigenvalue weighted by Crippen LogP contribution is -2.21. The Bertz CT molecular complexity index is 773. The molecule has 0 aromatic heterocycles. The Kier molecular flexibility index (Phi) is 7.02. The summed E-state index contributed by atoms with van der Waals surface area (Å²) < 4.78 is 15.4. The molecule has 0 saturated heterocycles. The Labute approximate surface area is 153 Å². The van der Waals surface area contributed by atoms with Crippen LogP contribution in [0.15, 0.2) is 42.5 Å². The first-order valence-electron chi connectivity index (χ1n) is 8.25. The molecular formula is C20H23NO5. The monoisotopic (exact) mass is 357 g/mol. The van der Waals surface area contributed by atoms with E-state index in [1.807, 2.05) is 37.3 Å². The predicted octanol–water partition coefficient (Wildman–Crippen LogP) is 3.13. The van der Waals surface area contributed by atoms with Crippen molar-refractivity contribution >= 4 is 17.6 Å². The lowest BCUT2D eigenvalue weighted by molar-refractivity contribution is -0.147. The van der Waals surface area contributed by atoms with Gasteiger partial charge in [-0.15, -0.1) is 0 Å². The largest absolute Gasteiger partial charge is 0.493 e. The van der Waals surface area contributed by atoms with Crippen LogP contribution in [0, 0.1) is 6.92 Å². The smallest absolute Gasteiger partial charge is 0.306 e. The van der Waals surface area contributed by atoms with Crippen molar-refractivity contribution in [2.75, 3.05) is 26.1 Å². The molecule has 0 spiro atoms. The van der Waals surface area contributed by atoms with E-state index in [4.69, 9.17) is 14.2 Å². The maximum atomic E-state index is 11.8. The third-order valence-electron chi connectivity index (χ3n) is 3.73. The molecular weight excluding hydrogens is 334 g/mol. The number of hydrogen-bond donors (Lipinski definition) is 1. The first kappa shape index (κ1) is 19.3. The molecule has 0 fully saturated rings. The second-order valence-corrected chi connectivity index (χ2v) is 5.77. The van der Waals surface area contributed by atoms with E-state index in [1.165, 1.54) is 0 Å². The average molecular weight is 357 g/mol. The molecule has 138 valence electrons. The van der Waals surface area contributed by atoms with Gasteiger partial charge < -0.3 is 19.5 Å². The summed E-state index contributed by atoms with van der Waals surface area (Å²) >= 11 is 0. The molecule has 0 aliphatic carbocycles. The third kappa shape index (κ3) is 5.81. The zero-order valence-electron chi connectivity index (χ0n) is 15.2. The van der Waals surface area contributed by atoms with Crippen molar-refractivity contribution < 1.29 is 23.8 Å². The van der Waals surface area contributed by atoms with Gasteiger partial charge in [0.2, 0.25) is 0 Å². The summed E-state index contributed by atoms with van der Waals surface area (Å²) in [6, 6.07) is 12.9. The summed E-state index contributed by atoms with van der Waals surface area (Å²) in [5.41, 5.74) is 2.63. The Morgan fingerprint density at radius 3 is 2.46 bits per heavy atom. The molecule has 0 radical (unpaired) electrons. The minimum Gasteiger partial charge on any atom is -0.493 e. The number of aryl methyl sites for hydroxylation is 2. The first-order valence-corrected chi connectivity index (χ1v) is 8.25. The van der Waals surface area contributed by atoms with Crippen LogP contribution >= 0.6 is 0 Å². The number of benzene rings is 2. The summed E-state index contributed by atoms with van der Waals surface area (Å²) in [5.74, 6) is 0.441. The molecule has 6 heteroatoms. The number of carbonyl (C=O) groups is 2. The van der Waals surface area contributed by atoms with Gasteiger partial charge in [0.25, 0.3) is 5.91 Å². The molecule has 0 saturated carbocycles. The maximum absolute atomic E-state index is 11.8. The number of ether oxygens (including phenoxy) is 3. The highest BCUT2D eigenvalue weighted by molar-refractivity contribution is 5.92. The number of nitrogens with one attached hydrogen (secondary N) is 1. The minimum absolute atomic E-state index is 0.174. The normalized spacial score (nSPS) is 10.1. The van der Waals surface area contributed by atoms with Gasteiger partial charge in [-0.25, -0.2) is 0 Å². The molecule has 0 atom stereocenters. The Morgan fingerprint density at radius 1 is 1.00 bits per heavy atom. The first-order chi connectivity index (χ1) is 12.5. The molecule has 1 N–H and O–H groups in total. The number of amides is 1. The number of hydrogen-bond acceptors (Lipinski definition) is 5. The fourth-order valence-electron chi connectivity index (χ4n) is 2.42. The molecule has 6 nitrogen and oxygen atoms in total. The quantitative estimate of drug-likeness (QED) is 0.735. The SMILES string of the molecule is COc1ccc(CCC(=O)OCC(=O)Nc2cccc(C)c2)cc1OC. The molecule has 26 heavy (non-hydrogen) atoms. The van der Waals surface area contributed by atoms with Gasteiger partial charge in [0.05, 0.1) is 14.2 Å². The van der Waals surface area contributed by atoms with Gasteiger partial charge in [-0.2, -0.15) is 0 Å². The number of esters is 1. The summed E-state index contributed by atoms with van der Waals surface area (Å²) in [6.45, 7) is 1.63. The van der Waals surface area contributed by atoms with Gasteiger partial charge in [0.15, 0.2) is 18.1 Å². The standard InChI is InChI=1S/C20H23NO5/c1-14-5-4-6-16(11-14)21-19(22)13-26-20(23)10-8-15-7-9-17(24-2)18(12-15)25-3/h4-7,9,11-12H,8,10,13H2,1-3H3,(H,21,22). The van der Waals surface area contributed by atoms with Gasteiger partial charge in [-0.05, 0) is 48.7 Å². The molecule has 2 rings (SSSR count). The van der Waals surface area contributed by atoms with E-state index in [1.54, 1.807) is 26.4 Å². The molecule has 2 aromatic carbocycles. The van der Waals surface area contributed by atoms with Crippen LogP contribution in [0.2, 0.25) is 0 Å². The van der Waals surface area contributed by atoms with Gasteiger partial charge in [-0.1, -0.05) is 18.2 Å². The van der Waals surface area contributed by atoms with E-state index in [-0.39, 0.29) is 18.9 Å². The zero-order valence-corrected chi connectivity index (χ0v) is 15.2. The van der Waals surface area contributed by atoms with Crippen molar-refractivity contribution in [3.63, 3.8) is 0 Å². The second kappa shape index (κ2) is 9.46. The van der Waals surface area contributed by atoms with Gasteiger partial charge >= 0.3 is 5.97 Å². The van der Waals surface area contributed by atoms with Crippen molar-refractivity contribution in [2.24, 2.45) is 0 Å². The lowest BCUT2D eigenvalue weighted by Gasteiger charge is -2.10. The summed E-state index contributed by atoms with van der Waals surface area (Å²) in [6.07, 6.45) is 0.659. The zero-order chi connectivity index (χ0) is 18.9. The third-order valence-corrected chi connectivity index (χ3v) is 3.73. The van der Waals surface area contributed by atoms with E-state index in [9.17, 15) is 9.59 Å². The number of anilines is 1. The van der Waals surface area contributed by atoms with Crippen molar-refractivity contribution in [2.45, 2.75) is 19.8 Å². The summed E-state index contributed by atoms with van der Waals surface area (Å²) in [4.78, 5) is 23.7. The number of carbonyl (C=O) groups excluding carboxylic acids is 2. The van der Waals surface area contributed by atoms with Crippen LogP contribution in [0.4, 0.5) is 5.69 Å². The van der Waals surface area contributed by atoms with Crippen LogP contribution in [-0.4, -0.2) is 32.7 Å². The predicted molar refractivity (Wildman–Crippen MR) is 98.6 cm³/mol. The summed E-state index contributed by atoms with van der Waals surface area (Å²) in [5, 5.41) is 2.69. The highest BCUT2D eigenvalue weighted by Gasteiger charge is 2.10. The molecule has 0 aliphatic heterocycles. The van der Waals surface area contributed by atoms with E-state index in [0.29, 0.717) is 23.6 Å². The maximum Gasteiger partial charge on any atom is 0.306 e. The number of methoxy groups -OCH3 is 2. The van der Waals surface area contributed by atoms with E-state index < -0.39 is 5.97 Å². The minimum atomic E-state index is -0.431. The van der Waals surface area contributed by atoms with Crippen molar-refractivity contribution in [1.82, 2.24) is 0 Å². The average Bonchev–Trinajstić information content (AvgIpc) is 2.64. The van der Waals surface area contributed by atoms with Crippen LogP contribution < -0.4 is 14.8 Å². The van der Waals surface area contributed by atoms with Crippen LogP contribution in [-0.2, 0) is 20.7 Å². The van der Waals surface area contributed by atoms with Crippen LogP contribution in [0.5, 0.6) is 11.5 Å². The molecule has 0 aliphatic rings. The van der Waals surface area contributed by atoms with Crippen LogP contribution in [0.3, 0.4) is 0 Å². The van der Waals surface area contributed by atoms with Gasteiger partial charge in [0.1, 0.15) is 0 Å². The Hall–Kier alpha value is -3.02. The lowest BCUT2D eigenvalue weighted by atomic mass is 10.1. The van der Waals surface area contributed by atoms with E-state index >= 15 is 0 Å². The van der Waals surface area contributed by atoms with Crippen LogP contribution in [0.25, 0.3) is 0 Å². The van der Waals surface area contributed by atoms with Crippen LogP contribution in [0.1, 0.15) is 17.5 Å². The molecule has 1 amide bonds. The molecule has 0 unspecified atom stereocenters. The van der Waals surface area contributed by atoms with Crippen molar-refractivity contribution in [3.8, 4) is 11.5 Å². The second-order valence-electron chi connectivity index (χ2n) is 5.77. The fourth-order valence-corrected chi connectivity index (χ4v) is 2.42. The van der Waals surface area contributed by atoms with E-state index in [0.717, 1.165) is 11.1 Å². The van der Waals surface area contributed by atoms with Crippen molar-refractivity contribution in [1.29, 1.82) is 0 Å². The van der Waals surface area contributed by atoms with E-state index in [2.05, 4.69) is 5.32 Å². The highest BCUT2D eigenvalue weighted by atomic mass is 16.5. The van der Waals surface area contributed by atoms with Crippen molar-refractivity contribution in [3.05, 3.63) is 53.6 Å². The summed E-state index contributed by atoms with van der Waals surface area (Å²) in [7, 11) is 3.12. The molecule has 0 heterocycles. The Balaban J connectivity index is 1.77. The van der Waals surface area contributed by atoms with Gasteiger partial charge in [-0.3, -0.25) is 9.59 Å². The number of rotatable bonds is 8. The molecule has 0 bridgehead atoms. The van der Waals surface area contributed by atoms with Gasteiger partial charge in [0, 0.05) is 12.1 Å².